The van der Waals surface area contributed by atoms with E-state index in [-0.39, 0.29) is 25.0 Å². The summed E-state index contributed by atoms with van der Waals surface area (Å²) in [5, 5.41) is 14.7. The van der Waals surface area contributed by atoms with Crippen molar-refractivity contribution in [3.8, 4) is 0 Å². The Morgan fingerprint density at radius 1 is 0.575 bits per heavy atom. The number of aliphatic hydroxyl groups excluding tert-OH is 1. The molecule has 1 saturated carbocycles. The van der Waals surface area contributed by atoms with E-state index in [1.165, 1.54) is 0 Å². The lowest BCUT2D eigenvalue weighted by atomic mass is 9.84. The van der Waals surface area contributed by atoms with Gasteiger partial charge in [0.15, 0.2) is 5.78 Å². The van der Waals surface area contributed by atoms with E-state index in [1.807, 2.05) is 0 Å². The van der Waals surface area contributed by atoms with Gasteiger partial charge in [0.2, 0.25) is 11.8 Å². The van der Waals surface area contributed by atoms with Gasteiger partial charge in [0.05, 0.1) is 71.0 Å². The zero-order chi connectivity index (χ0) is 58.6. The van der Waals surface area contributed by atoms with Crippen molar-refractivity contribution in [2.75, 3.05) is 39.6 Å². The van der Waals surface area contributed by atoms with Crippen LogP contribution < -0.4 is 16.4 Å². The van der Waals surface area contributed by atoms with Gasteiger partial charge in [-0.3, -0.25) is 50.6 Å². The fourth-order valence-electron chi connectivity index (χ4n) is 7.70. The van der Waals surface area contributed by atoms with Gasteiger partial charge in [0.25, 0.3) is 0 Å². The van der Waals surface area contributed by atoms with Crippen molar-refractivity contribution in [3.05, 3.63) is 108 Å². The summed E-state index contributed by atoms with van der Waals surface area (Å²) >= 11 is 0. The average Bonchev–Trinajstić information content (AvgIpc) is 3.79. The number of nitrogens with one attached hydrogen (secondary N) is 2. The van der Waals surface area contributed by atoms with Crippen LogP contribution in [0.3, 0.4) is 0 Å². The van der Waals surface area contributed by atoms with Gasteiger partial charge < -0.3 is 55.6 Å². The Bertz CT molecular complexity index is 2750. The summed E-state index contributed by atoms with van der Waals surface area (Å²) in [5.74, 6) is -5.50. The van der Waals surface area contributed by atoms with Gasteiger partial charge in [0, 0.05) is 19.4 Å². The van der Waals surface area contributed by atoms with Crippen LogP contribution in [-0.2, 0) is 111 Å². The first-order valence-electron chi connectivity index (χ1n) is 24.5. The van der Waals surface area contributed by atoms with Crippen molar-refractivity contribution in [2.45, 2.75) is 95.2 Å². The van der Waals surface area contributed by atoms with Crippen molar-refractivity contribution in [2.24, 2.45) is 17.6 Å². The smallest absolute Gasteiger partial charge is 0.390 e. The molecule has 1 aliphatic carbocycles. The molecule has 0 aromatic heterocycles. The fraction of sp³-hybridized carbons (Fsp3) is 0.523. The summed E-state index contributed by atoms with van der Waals surface area (Å²) in [6.07, 6.45) is 1.25. The molecule has 1 aliphatic heterocycles. The molecule has 1 heterocycles. The molecule has 2 fully saturated rings. The number of carbonyl (C=O) groups is 3. The van der Waals surface area contributed by atoms with Crippen LogP contribution >= 0.6 is 46.9 Å². The van der Waals surface area contributed by atoms with Crippen molar-refractivity contribution in [3.63, 3.8) is 0 Å². The van der Waals surface area contributed by atoms with Gasteiger partial charge in [-0.05, 0) is 35.4 Å². The summed E-state index contributed by atoms with van der Waals surface area (Å²) in [7, 11) is -32.3. The molecule has 3 aromatic rings. The summed E-state index contributed by atoms with van der Waals surface area (Å²) < 4.78 is 130. The monoisotopic (exact) mass is 1250 g/mol. The lowest BCUT2D eigenvalue weighted by Gasteiger charge is -2.27. The molecule has 3 aromatic carbocycles. The molecule has 2 aliphatic rings. The van der Waals surface area contributed by atoms with Gasteiger partial charge in [-0.15, -0.1) is 0 Å². The fourth-order valence-corrected chi connectivity index (χ4v) is 13.4. The third-order valence-corrected chi connectivity index (χ3v) is 18.8. The Balaban J connectivity index is 1.22. The van der Waals surface area contributed by atoms with Crippen LogP contribution in [-0.4, -0.2) is 122 Å². The predicted molar refractivity (Wildman–Crippen MR) is 276 cm³/mol. The number of aliphatic hydroxyl groups is 1. The Morgan fingerprint density at radius 3 is 1.54 bits per heavy atom. The third kappa shape index (κ3) is 25.4. The van der Waals surface area contributed by atoms with Gasteiger partial charge in [-0.2, -0.15) is 8.62 Å². The number of Topliss-reactive ketones (excluding diaryl/α,β-unsaturated/α-hetero) is 1. The number of nitrogens with two attached hydrogens (primary N) is 1. The van der Waals surface area contributed by atoms with E-state index < -0.39 is 154 Å². The molecule has 0 radical (unpaired) electrons. The van der Waals surface area contributed by atoms with Gasteiger partial charge in [-0.1, -0.05) is 110 Å². The third-order valence-electron chi connectivity index (χ3n) is 11.7. The molecular formula is C44H65N3O27P6. The standard InChI is InChI=1S/C44H65N3O27P6/c45-37(29-69-76(54,55)66-26-33-15-7-2-8-16-33)44(51)47-38(30-70-77(56,57)67-27-34-17-9-3-10-18-34)39(48)23-36(28-68-75(52,53)65-25-32-13-5-1-6-14-32)43(50)46-21-22-64-78(58,59)73-80(62,63)74-79(60,61)71-31-42-40(49)24-41(72-42)35-19-11-4-12-20-35/h1-3,5-10,13-18,35-38,40-42,49H,4,11-12,19-31,45H2,(H,46,50)(H,47,51)(H,52,53)(H,54,55)(H,56,57)(H,58,59)(H,60,61)(H,62,63)/t36?,37?,38?,40?,41-,42-/m1/s1. The minimum Gasteiger partial charge on any atom is -0.390 e. The molecule has 2 amide bonds. The van der Waals surface area contributed by atoms with Crippen molar-refractivity contribution in [1.82, 2.24) is 10.6 Å². The number of ether oxygens (including phenoxy) is 1. The molecule has 12 atom stereocenters. The number of ketones is 1. The van der Waals surface area contributed by atoms with Crippen molar-refractivity contribution in [1.29, 1.82) is 0 Å². The summed E-state index contributed by atoms with van der Waals surface area (Å²) in [5.41, 5.74) is 7.23. The molecule has 448 valence electrons. The Kier molecular flexibility index (Phi) is 26.8. The van der Waals surface area contributed by atoms with Crippen LogP contribution in [0.2, 0.25) is 0 Å². The quantitative estimate of drug-likeness (QED) is 0.0272. The van der Waals surface area contributed by atoms with E-state index in [1.54, 1.807) is 91.0 Å². The molecule has 0 bridgehead atoms. The molecule has 10 unspecified atom stereocenters. The maximum absolute atomic E-state index is 14.1. The van der Waals surface area contributed by atoms with Crippen LogP contribution in [0.4, 0.5) is 0 Å². The highest BCUT2D eigenvalue weighted by atomic mass is 31.3. The normalized spacial score (nSPS) is 22.6. The lowest BCUT2D eigenvalue weighted by molar-refractivity contribution is -0.133. The molecule has 80 heavy (non-hydrogen) atoms. The second-order valence-corrected chi connectivity index (χ2v) is 27.0. The molecule has 0 spiro atoms. The van der Waals surface area contributed by atoms with E-state index in [0.717, 1.165) is 32.1 Å². The maximum atomic E-state index is 14.1. The van der Waals surface area contributed by atoms with Gasteiger partial charge >= 0.3 is 46.9 Å². The maximum Gasteiger partial charge on any atom is 0.490 e. The average molecular weight is 1250 g/mol. The molecule has 36 heteroatoms. The zero-order valence-corrected chi connectivity index (χ0v) is 47.9. The summed E-state index contributed by atoms with van der Waals surface area (Å²) in [4.78, 5) is 103. The minimum atomic E-state index is -5.99. The van der Waals surface area contributed by atoms with E-state index >= 15 is 0 Å². The van der Waals surface area contributed by atoms with Gasteiger partial charge in [-0.25, -0.2) is 27.4 Å². The first-order valence-corrected chi connectivity index (χ1v) is 33.4. The van der Waals surface area contributed by atoms with Gasteiger partial charge in [0.1, 0.15) is 18.2 Å². The SMILES string of the molecule is NC(COP(=O)(O)OCc1ccccc1)C(=O)NC(COP(=O)(O)OCc1ccccc1)C(=O)CC(COP(=O)(O)OCc1ccccc1)C(=O)NCCOP(=O)(O)OP(=O)(O)OP(=O)(O)OC[C@H]1O[C@@H](C2CCCCC2)CC1O. The number of benzene rings is 3. The van der Waals surface area contributed by atoms with Crippen LogP contribution in [0, 0.1) is 11.8 Å². The van der Waals surface area contributed by atoms with Crippen LogP contribution in [0.5, 0.6) is 0 Å². The number of phosphoric ester groups is 5. The second-order valence-electron chi connectivity index (χ2n) is 18.0. The van der Waals surface area contributed by atoms with Crippen molar-refractivity contribution >= 4 is 64.5 Å². The van der Waals surface area contributed by atoms with E-state index in [2.05, 4.69) is 23.8 Å². The Labute approximate surface area is 459 Å². The van der Waals surface area contributed by atoms with E-state index in [0.29, 0.717) is 16.7 Å². The Hall–Kier alpha value is -3.11. The highest BCUT2D eigenvalue weighted by Crippen LogP contribution is 2.67. The first kappa shape index (κ1) is 67.7. The first-order chi connectivity index (χ1) is 37.6. The molecule has 1 saturated heterocycles. The predicted octanol–water partition coefficient (Wildman–Crippen LogP) is 4.96. The summed E-state index contributed by atoms with van der Waals surface area (Å²) in [6.45, 7) is -7.32. The van der Waals surface area contributed by atoms with Crippen molar-refractivity contribution < 1.29 is 126 Å². The highest BCUT2D eigenvalue weighted by molar-refractivity contribution is 7.66. The van der Waals surface area contributed by atoms with E-state index in [9.17, 15) is 76.2 Å². The van der Waals surface area contributed by atoms with Crippen LogP contribution in [0.1, 0.15) is 61.6 Å². The number of hydrogen-bond donors (Lipinski definition) is 10. The topological polar surface area (TPSA) is 447 Å². The number of rotatable bonds is 36. The van der Waals surface area contributed by atoms with Crippen LogP contribution in [0.15, 0.2) is 91.0 Å². The molecule has 5 rings (SSSR count). The molecule has 30 nitrogen and oxygen atoms in total. The number of phosphoric acid groups is 6. The minimum absolute atomic E-state index is 0.147. The lowest BCUT2D eigenvalue weighted by Crippen LogP contribution is -2.52. The zero-order valence-electron chi connectivity index (χ0n) is 42.6. The molecular weight excluding hydrogens is 1190 g/mol. The van der Waals surface area contributed by atoms with Crippen LogP contribution in [0.25, 0.3) is 0 Å². The number of carbonyl (C=O) groups excluding carboxylic acids is 3. The highest BCUT2D eigenvalue weighted by Gasteiger charge is 2.45. The number of amides is 2. The largest absolute Gasteiger partial charge is 0.490 e. The Morgan fingerprint density at radius 2 is 1.04 bits per heavy atom. The van der Waals surface area contributed by atoms with E-state index in [4.69, 9.17) is 42.1 Å². The molecule has 11 N–H and O–H groups in total. The number of hydrogen-bond acceptors (Lipinski definition) is 22. The second kappa shape index (κ2) is 31.7. The summed E-state index contributed by atoms with van der Waals surface area (Å²) in [6, 6.07) is 20.2.